The van der Waals surface area contributed by atoms with Crippen molar-refractivity contribution in [3.05, 3.63) is 5.01 Å². The number of carbonyl (C=O) groups excluding carboxylic acids is 2. The van der Waals surface area contributed by atoms with Gasteiger partial charge in [0.05, 0.1) is 0 Å². The van der Waals surface area contributed by atoms with Gasteiger partial charge in [-0.2, -0.15) is 13.2 Å². The molecule has 0 radical (unpaired) electrons. The summed E-state index contributed by atoms with van der Waals surface area (Å²) < 4.78 is 37.6. The molecule has 0 fully saturated rings. The monoisotopic (exact) mass is 362 g/mol. The predicted molar refractivity (Wildman–Crippen MR) is 83.5 cm³/mol. The molecule has 1 aromatic heterocycles. The first-order valence-corrected chi connectivity index (χ1v) is 7.96. The molecule has 0 aromatic carbocycles. The quantitative estimate of drug-likeness (QED) is 0.597. The third kappa shape index (κ3) is 4.44. The van der Waals surface area contributed by atoms with Gasteiger partial charge in [0, 0.05) is 13.0 Å². The third-order valence-corrected chi connectivity index (χ3v) is 4.44. The van der Waals surface area contributed by atoms with Crippen LogP contribution in [0.3, 0.4) is 0 Å². The zero-order chi connectivity index (χ0) is 18.4. The fraction of sp³-hybridized carbons (Fsp3) is 0.571. The van der Waals surface area contributed by atoms with E-state index < -0.39 is 22.8 Å². The van der Waals surface area contributed by atoms with Crippen molar-refractivity contribution in [2.24, 2.45) is 0 Å². The molecule has 0 atom stereocenters. The zero-order valence-electron chi connectivity index (χ0n) is 13.2. The Bertz CT molecular complexity index is 620. The molecule has 2 amide bonds. The Hall–Kier alpha value is -2.15. The van der Waals surface area contributed by atoms with Crippen LogP contribution in [-0.4, -0.2) is 39.5 Å². The number of anilines is 1. The summed E-state index contributed by atoms with van der Waals surface area (Å²) in [6.45, 7) is 3.63. The first-order valence-electron chi connectivity index (χ1n) is 7.14. The van der Waals surface area contributed by atoms with Gasteiger partial charge in [-0.3, -0.25) is 5.32 Å². The predicted octanol–water partition coefficient (Wildman–Crippen LogP) is 3.17. The first kappa shape index (κ1) is 19.9. The summed E-state index contributed by atoms with van der Waals surface area (Å²) in [7, 11) is 0. The number of aromatic nitrogens is 2. The number of urea groups is 1. The smallest absolute Gasteiger partial charge is 0.308 e. The lowest BCUT2D eigenvalue weighted by Gasteiger charge is -2.38. The molecule has 1 aromatic rings. The van der Waals surface area contributed by atoms with E-state index in [9.17, 15) is 22.8 Å². The van der Waals surface area contributed by atoms with Crippen molar-refractivity contribution in [2.75, 3.05) is 11.9 Å². The molecule has 10 heteroatoms. The van der Waals surface area contributed by atoms with Crippen LogP contribution in [0.15, 0.2) is 0 Å². The molecule has 24 heavy (non-hydrogen) atoms. The number of halogens is 3. The summed E-state index contributed by atoms with van der Waals surface area (Å²) in [5, 5.41) is 7.13. The van der Waals surface area contributed by atoms with Crippen molar-refractivity contribution in [3.63, 3.8) is 0 Å². The van der Waals surface area contributed by atoms with Crippen LogP contribution in [0.2, 0.25) is 0 Å². The molecule has 0 aliphatic carbocycles. The van der Waals surface area contributed by atoms with E-state index >= 15 is 0 Å². The fourth-order valence-electron chi connectivity index (χ4n) is 2.15. The van der Waals surface area contributed by atoms with Crippen molar-refractivity contribution < 1.29 is 22.8 Å². The minimum absolute atomic E-state index is 0.0478. The number of terminal acetylenes is 1. The Morgan fingerprint density at radius 2 is 2.00 bits per heavy atom. The van der Waals surface area contributed by atoms with Crippen molar-refractivity contribution >= 4 is 28.8 Å². The second-order valence-corrected chi connectivity index (χ2v) is 5.81. The van der Waals surface area contributed by atoms with E-state index in [2.05, 4.69) is 21.4 Å². The van der Waals surface area contributed by atoms with Crippen LogP contribution in [0.4, 0.5) is 23.1 Å². The molecule has 1 rings (SSSR count). The van der Waals surface area contributed by atoms with Gasteiger partial charge >= 0.3 is 12.2 Å². The van der Waals surface area contributed by atoms with Gasteiger partial charge < -0.3 is 9.69 Å². The first-order chi connectivity index (χ1) is 11.2. The summed E-state index contributed by atoms with van der Waals surface area (Å²) in [5.74, 6) is 2.56. The molecule has 0 saturated heterocycles. The maximum absolute atomic E-state index is 12.5. The lowest BCUT2D eigenvalue weighted by molar-refractivity contribution is -0.138. The van der Waals surface area contributed by atoms with Crippen LogP contribution >= 0.6 is 11.3 Å². The van der Waals surface area contributed by atoms with E-state index in [0.717, 1.165) is 0 Å². The average Bonchev–Trinajstić information content (AvgIpc) is 3.00. The molecule has 0 aliphatic rings. The van der Waals surface area contributed by atoms with Crippen LogP contribution in [0.25, 0.3) is 0 Å². The lowest BCUT2D eigenvalue weighted by Crippen LogP contribution is -2.52. The number of rotatable bonds is 7. The van der Waals surface area contributed by atoms with Crippen LogP contribution in [-0.2, 0) is 11.0 Å². The molecule has 0 spiro atoms. The fourth-order valence-corrected chi connectivity index (χ4v) is 2.75. The number of hydrogen-bond donors (Lipinski definition) is 1. The minimum atomic E-state index is -4.63. The standard InChI is InChI=1S/C14H17F3N4O2S/c1-4-13(5-2,6-3)21(8-7-9-22)12(23)18-11-20-19-10(24-11)14(15,16)17/h1,9H,5-8H2,2-3H3,(H,18,20,23). The molecule has 0 bridgehead atoms. The number of nitrogens with zero attached hydrogens (tertiary/aromatic N) is 3. The Kier molecular flexibility index (Phi) is 6.71. The molecule has 6 nitrogen and oxygen atoms in total. The normalized spacial score (nSPS) is 11.7. The van der Waals surface area contributed by atoms with Crippen LogP contribution in [0, 0.1) is 12.3 Å². The third-order valence-electron chi connectivity index (χ3n) is 3.55. The maximum Gasteiger partial charge on any atom is 0.445 e. The summed E-state index contributed by atoms with van der Waals surface area (Å²) in [6, 6.07) is -0.719. The number of carbonyl (C=O) groups is 2. The number of alkyl halides is 3. The number of hydrogen-bond acceptors (Lipinski definition) is 5. The number of aldehydes is 1. The topological polar surface area (TPSA) is 75.2 Å². The highest BCUT2D eigenvalue weighted by Crippen LogP contribution is 2.33. The SMILES string of the molecule is C#CC(CC)(CC)N(CCC=O)C(=O)Nc1nnc(C(F)(F)F)s1. The molecule has 1 heterocycles. The van der Waals surface area contributed by atoms with Gasteiger partial charge in [0.2, 0.25) is 10.1 Å². The van der Waals surface area contributed by atoms with Gasteiger partial charge in [0.15, 0.2) is 0 Å². The molecule has 0 saturated carbocycles. The molecule has 0 unspecified atom stereocenters. The van der Waals surface area contributed by atoms with Gasteiger partial charge in [-0.15, -0.1) is 16.6 Å². The molecular weight excluding hydrogens is 345 g/mol. The van der Waals surface area contributed by atoms with Crippen LogP contribution in [0.1, 0.15) is 38.1 Å². The largest absolute Gasteiger partial charge is 0.445 e. The van der Waals surface area contributed by atoms with Gasteiger partial charge in [-0.1, -0.05) is 31.1 Å². The van der Waals surface area contributed by atoms with E-state index in [1.165, 1.54) is 4.90 Å². The molecule has 0 aliphatic heterocycles. The Balaban J connectivity index is 3.02. The highest BCUT2D eigenvalue weighted by molar-refractivity contribution is 7.15. The van der Waals surface area contributed by atoms with Crippen LogP contribution < -0.4 is 5.32 Å². The highest BCUT2D eigenvalue weighted by atomic mass is 32.1. The van der Waals surface area contributed by atoms with E-state index in [1.54, 1.807) is 13.8 Å². The van der Waals surface area contributed by atoms with Crippen molar-refractivity contribution in [1.29, 1.82) is 0 Å². The van der Waals surface area contributed by atoms with E-state index in [4.69, 9.17) is 6.42 Å². The van der Waals surface area contributed by atoms with Gasteiger partial charge in [-0.05, 0) is 12.8 Å². The van der Waals surface area contributed by atoms with Gasteiger partial charge in [0.25, 0.3) is 0 Å². The van der Waals surface area contributed by atoms with Crippen molar-refractivity contribution in [1.82, 2.24) is 15.1 Å². The lowest BCUT2D eigenvalue weighted by atomic mass is 9.91. The highest BCUT2D eigenvalue weighted by Gasteiger charge is 2.37. The second-order valence-electron chi connectivity index (χ2n) is 4.83. The zero-order valence-corrected chi connectivity index (χ0v) is 14.0. The van der Waals surface area contributed by atoms with Crippen molar-refractivity contribution in [2.45, 2.75) is 44.8 Å². The van der Waals surface area contributed by atoms with Crippen LogP contribution in [0.5, 0.6) is 0 Å². The number of nitrogens with one attached hydrogen (secondary N) is 1. The van der Waals surface area contributed by atoms with E-state index in [-0.39, 0.29) is 29.4 Å². The molecule has 132 valence electrons. The van der Waals surface area contributed by atoms with E-state index in [0.29, 0.717) is 19.1 Å². The molecule has 1 N–H and O–H groups in total. The Morgan fingerprint density at radius 3 is 2.42 bits per heavy atom. The minimum Gasteiger partial charge on any atom is -0.308 e. The summed E-state index contributed by atoms with van der Waals surface area (Å²) >= 11 is 0.216. The summed E-state index contributed by atoms with van der Waals surface area (Å²) in [6.07, 6.45) is 2.48. The summed E-state index contributed by atoms with van der Waals surface area (Å²) in [5.41, 5.74) is -0.940. The maximum atomic E-state index is 12.5. The van der Waals surface area contributed by atoms with Gasteiger partial charge in [-0.25, -0.2) is 4.79 Å². The Morgan fingerprint density at radius 1 is 1.38 bits per heavy atom. The van der Waals surface area contributed by atoms with Gasteiger partial charge in [0.1, 0.15) is 11.8 Å². The molecular formula is C14H17F3N4O2S. The average molecular weight is 362 g/mol. The second kappa shape index (κ2) is 8.10. The number of amides is 2. The Labute approximate surface area is 141 Å². The van der Waals surface area contributed by atoms with Crippen molar-refractivity contribution in [3.8, 4) is 12.3 Å². The van der Waals surface area contributed by atoms with E-state index in [1.807, 2.05) is 0 Å². The summed E-state index contributed by atoms with van der Waals surface area (Å²) in [4.78, 5) is 24.4.